The van der Waals surface area contributed by atoms with Crippen LogP contribution in [0.3, 0.4) is 0 Å². The summed E-state index contributed by atoms with van der Waals surface area (Å²) in [6, 6.07) is 23.8. The van der Waals surface area contributed by atoms with Gasteiger partial charge in [-0.3, -0.25) is 9.59 Å². The second-order valence-corrected chi connectivity index (χ2v) is 9.10. The molecular weight excluding hydrogens is 520 g/mol. The summed E-state index contributed by atoms with van der Waals surface area (Å²) in [4.78, 5) is 26.0. The van der Waals surface area contributed by atoms with Gasteiger partial charge in [0.15, 0.2) is 29.9 Å². The van der Waals surface area contributed by atoms with E-state index in [2.05, 4.69) is 5.32 Å². The molecule has 0 aliphatic heterocycles. The van der Waals surface area contributed by atoms with Gasteiger partial charge in [0.25, 0.3) is 5.91 Å². The standard InChI is InChI=1S/C28H20F4N2O3S/c29-21-15-22(30)25(32)26(24(21)31)34-28(36)27(17-8-3-1-4-9-17)38-20-13-7-10-18(14-20)33-23(35)16-37-19-11-5-2-6-12-19/h1-15,27H,16H2,(H,33,35)(H,34,36). The number of carbonyl (C=O) groups excluding carboxylic acids is 2. The summed E-state index contributed by atoms with van der Waals surface area (Å²) in [7, 11) is 0. The van der Waals surface area contributed by atoms with Crippen LogP contribution in [0.15, 0.2) is 95.9 Å². The van der Waals surface area contributed by atoms with E-state index in [0.29, 0.717) is 21.9 Å². The van der Waals surface area contributed by atoms with Gasteiger partial charge < -0.3 is 15.4 Å². The fraction of sp³-hybridized carbons (Fsp3) is 0.0714. The van der Waals surface area contributed by atoms with Crippen molar-refractivity contribution in [3.8, 4) is 5.75 Å². The lowest BCUT2D eigenvalue weighted by atomic mass is 10.1. The molecule has 4 rings (SSSR count). The van der Waals surface area contributed by atoms with Crippen LogP contribution < -0.4 is 15.4 Å². The summed E-state index contributed by atoms with van der Waals surface area (Å²) < 4.78 is 61.1. The predicted molar refractivity (Wildman–Crippen MR) is 137 cm³/mol. The molecule has 0 fully saturated rings. The summed E-state index contributed by atoms with van der Waals surface area (Å²) in [5, 5.41) is 3.62. The van der Waals surface area contributed by atoms with Gasteiger partial charge in [0.2, 0.25) is 5.91 Å². The Kier molecular flexibility index (Phi) is 8.65. The molecule has 0 aromatic heterocycles. The van der Waals surface area contributed by atoms with Crippen LogP contribution in [0.2, 0.25) is 0 Å². The lowest BCUT2D eigenvalue weighted by Gasteiger charge is -2.18. The molecule has 0 aliphatic carbocycles. The molecule has 38 heavy (non-hydrogen) atoms. The predicted octanol–water partition coefficient (Wildman–Crippen LogP) is 6.73. The third-order valence-corrected chi connectivity index (χ3v) is 6.43. The van der Waals surface area contributed by atoms with Gasteiger partial charge in [0.1, 0.15) is 16.7 Å². The van der Waals surface area contributed by atoms with Gasteiger partial charge in [0.05, 0.1) is 0 Å². The highest BCUT2D eigenvalue weighted by molar-refractivity contribution is 8.00. The minimum absolute atomic E-state index is 0.0639. The van der Waals surface area contributed by atoms with E-state index >= 15 is 0 Å². The monoisotopic (exact) mass is 540 g/mol. The van der Waals surface area contributed by atoms with Crippen molar-refractivity contribution in [2.45, 2.75) is 10.1 Å². The molecule has 2 N–H and O–H groups in total. The zero-order valence-corrected chi connectivity index (χ0v) is 20.4. The van der Waals surface area contributed by atoms with E-state index in [1.54, 1.807) is 78.9 Å². The van der Waals surface area contributed by atoms with Gasteiger partial charge in [-0.15, -0.1) is 11.8 Å². The molecule has 10 heteroatoms. The molecule has 0 heterocycles. The van der Waals surface area contributed by atoms with E-state index in [4.69, 9.17) is 4.74 Å². The van der Waals surface area contributed by atoms with Crippen LogP contribution >= 0.6 is 11.8 Å². The topological polar surface area (TPSA) is 67.4 Å². The number of carbonyl (C=O) groups is 2. The molecular formula is C28H20F4N2O3S. The Morgan fingerprint density at radius 2 is 1.39 bits per heavy atom. The van der Waals surface area contributed by atoms with E-state index in [1.165, 1.54) is 0 Å². The molecule has 194 valence electrons. The number of amides is 2. The fourth-order valence-corrected chi connectivity index (χ4v) is 4.50. The molecule has 0 bridgehead atoms. The lowest BCUT2D eigenvalue weighted by molar-refractivity contribution is -0.118. The van der Waals surface area contributed by atoms with Crippen LogP contribution in [-0.4, -0.2) is 18.4 Å². The number of thioether (sulfide) groups is 1. The zero-order valence-electron chi connectivity index (χ0n) is 19.6. The van der Waals surface area contributed by atoms with E-state index in [1.807, 2.05) is 11.4 Å². The number of hydrogen-bond donors (Lipinski definition) is 2. The maximum atomic E-state index is 14.2. The fourth-order valence-electron chi connectivity index (χ4n) is 3.42. The Bertz CT molecular complexity index is 1410. The summed E-state index contributed by atoms with van der Waals surface area (Å²) in [6.07, 6.45) is 0. The van der Waals surface area contributed by atoms with Crippen LogP contribution in [0.25, 0.3) is 0 Å². The van der Waals surface area contributed by atoms with Gasteiger partial charge in [-0.05, 0) is 35.9 Å². The summed E-state index contributed by atoms with van der Waals surface area (Å²) in [5.41, 5.74) is -0.319. The second-order valence-electron chi connectivity index (χ2n) is 7.92. The quantitative estimate of drug-likeness (QED) is 0.140. The van der Waals surface area contributed by atoms with Crippen molar-refractivity contribution in [1.29, 1.82) is 0 Å². The van der Waals surface area contributed by atoms with Crippen molar-refractivity contribution in [1.82, 2.24) is 0 Å². The number of nitrogens with one attached hydrogen (secondary N) is 2. The van der Waals surface area contributed by atoms with Crippen molar-refractivity contribution in [2.75, 3.05) is 17.2 Å². The molecule has 4 aromatic rings. The number of para-hydroxylation sites is 1. The van der Waals surface area contributed by atoms with Crippen LogP contribution in [-0.2, 0) is 9.59 Å². The van der Waals surface area contributed by atoms with Gasteiger partial charge in [-0.2, -0.15) is 0 Å². The first kappa shape index (κ1) is 26.7. The molecule has 0 radical (unpaired) electrons. The van der Waals surface area contributed by atoms with E-state index in [-0.39, 0.29) is 12.7 Å². The molecule has 5 nitrogen and oxygen atoms in total. The molecule has 1 unspecified atom stereocenters. The number of rotatable bonds is 9. The highest BCUT2D eigenvalue weighted by atomic mass is 32.2. The molecule has 2 amide bonds. The SMILES string of the molecule is O=C(COc1ccccc1)Nc1cccc(SC(C(=O)Nc2c(F)c(F)cc(F)c2F)c2ccccc2)c1. The van der Waals surface area contributed by atoms with Crippen molar-refractivity contribution >= 4 is 35.0 Å². The minimum Gasteiger partial charge on any atom is -0.484 e. The van der Waals surface area contributed by atoms with Gasteiger partial charge >= 0.3 is 0 Å². The molecule has 0 spiro atoms. The number of ether oxygens (including phenoxy) is 1. The number of hydrogen-bond acceptors (Lipinski definition) is 4. The molecule has 0 aliphatic rings. The molecule has 4 aromatic carbocycles. The van der Waals surface area contributed by atoms with E-state index in [9.17, 15) is 27.2 Å². The second kappa shape index (κ2) is 12.3. The Hall–Kier alpha value is -4.31. The average molecular weight is 541 g/mol. The Morgan fingerprint density at radius 1 is 0.763 bits per heavy atom. The molecule has 0 saturated carbocycles. The highest BCUT2D eigenvalue weighted by Crippen LogP contribution is 2.38. The van der Waals surface area contributed by atoms with Gasteiger partial charge in [-0.1, -0.05) is 54.6 Å². The Labute approximate surface area is 219 Å². The van der Waals surface area contributed by atoms with Crippen molar-refractivity contribution in [3.05, 3.63) is 120 Å². The third-order valence-electron chi connectivity index (χ3n) is 5.19. The largest absolute Gasteiger partial charge is 0.484 e. The number of halogens is 4. The first-order valence-corrected chi connectivity index (χ1v) is 12.1. The van der Waals surface area contributed by atoms with Crippen LogP contribution in [0, 0.1) is 23.3 Å². The van der Waals surface area contributed by atoms with E-state index in [0.717, 1.165) is 11.8 Å². The van der Waals surface area contributed by atoms with Crippen molar-refractivity contribution in [3.63, 3.8) is 0 Å². The van der Waals surface area contributed by atoms with Crippen LogP contribution in [0.1, 0.15) is 10.8 Å². The third kappa shape index (κ3) is 6.71. The first-order valence-electron chi connectivity index (χ1n) is 11.2. The number of benzene rings is 4. The van der Waals surface area contributed by atoms with Crippen LogP contribution in [0.4, 0.5) is 28.9 Å². The average Bonchev–Trinajstić information content (AvgIpc) is 2.93. The minimum atomic E-state index is -1.71. The molecule has 0 saturated heterocycles. The maximum absolute atomic E-state index is 14.2. The summed E-state index contributed by atoms with van der Waals surface area (Å²) in [6.45, 7) is -0.224. The van der Waals surface area contributed by atoms with Gasteiger partial charge in [0, 0.05) is 16.6 Å². The van der Waals surface area contributed by atoms with Crippen molar-refractivity contribution < 1.29 is 31.9 Å². The van der Waals surface area contributed by atoms with Crippen LogP contribution in [0.5, 0.6) is 5.75 Å². The zero-order chi connectivity index (χ0) is 27.1. The molecule has 1 atom stereocenters. The lowest BCUT2D eigenvalue weighted by Crippen LogP contribution is -2.21. The van der Waals surface area contributed by atoms with Crippen molar-refractivity contribution in [2.24, 2.45) is 0 Å². The maximum Gasteiger partial charge on any atom is 0.262 e. The Balaban J connectivity index is 1.51. The smallest absolute Gasteiger partial charge is 0.262 e. The van der Waals surface area contributed by atoms with E-state index < -0.39 is 46.0 Å². The van der Waals surface area contributed by atoms with Gasteiger partial charge in [-0.25, -0.2) is 17.6 Å². The Morgan fingerprint density at radius 3 is 2.05 bits per heavy atom. The highest BCUT2D eigenvalue weighted by Gasteiger charge is 2.27. The number of anilines is 2. The summed E-state index contributed by atoms with van der Waals surface area (Å²) in [5.74, 6) is -7.48. The first-order chi connectivity index (χ1) is 18.3. The normalized spacial score (nSPS) is 11.5. The summed E-state index contributed by atoms with van der Waals surface area (Å²) >= 11 is 1.01.